The Morgan fingerprint density at radius 1 is 1.12 bits per heavy atom. The largest absolute Gasteiger partial charge is 0.494 e. The average molecular weight is 329 g/mol. The van der Waals surface area contributed by atoms with Crippen LogP contribution in [0.4, 0.5) is 5.69 Å². The number of carbonyl (C=O) groups excluding carboxylic acids is 1. The number of hydrogen-bond donors (Lipinski definition) is 2. The number of anilines is 1. The molecule has 0 radical (unpaired) electrons. The molecule has 2 aromatic rings. The van der Waals surface area contributed by atoms with Gasteiger partial charge in [-0.2, -0.15) is 0 Å². The van der Waals surface area contributed by atoms with Crippen molar-refractivity contribution in [3.05, 3.63) is 54.1 Å². The zero-order valence-corrected chi connectivity index (χ0v) is 13.3. The molecule has 0 atom stereocenters. The van der Waals surface area contributed by atoms with E-state index in [-0.39, 0.29) is 11.3 Å². The Morgan fingerprint density at radius 3 is 2.54 bits per heavy atom. The van der Waals surface area contributed by atoms with Crippen molar-refractivity contribution in [1.82, 2.24) is 0 Å². The van der Waals surface area contributed by atoms with Crippen molar-refractivity contribution in [2.45, 2.75) is 13.3 Å². The van der Waals surface area contributed by atoms with E-state index in [1.807, 2.05) is 30.3 Å². The van der Waals surface area contributed by atoms with Gasteiger partial charge in [-0.15, -0.1) is 0 Å². The molecule has 6 heteroatoms. The molecule has 0 aliphatic carbocycles. The Morgan fingerprint density at radius 2 is 1.88 bits per heavy atom. The van der Waals surface area contributed by atoms with E-state index in [0.29, 0.717) is 18.8 Å². The van der Waals surface area contributed by atoms with Gasteiger partial charge in [0.1, 0.15) is 17.1 Å². The van der Waals surface area contributed by atoms with Crippen LogP contribution in [0.25, 0.3) is 0 Å². The molecule has 0 saturated carbocycles. The second kappa shape index (κ2) is 8.57. The lowest BCUT2D eigenvalue weighted by atomic mass is 10.1. The van der Waals surface area contributed by atoms with Gasteiger partial charge in [-0.25, -0.2) is 4.79 Å². The maximum absolute atomic E-state index is 11.2. The second-order valence-corrected chi connectivity index (χ2v) is 5.05. The molecule has 0 aromatic heterocycles. The molecule has 0 saturated heterocycles. The molecule has 2 N–H and O–H groups in total. The summed E-state index contributed by atoms with van der Waals surface area (Å²) in [5.74, 6) is -0.858. The Hall–Kier alpha value is -3.02. The standard InChI is InChI=1S/C18H19NO5/c1-13(20)24-17-9-8-14(12-16(17)18(21)22)19-10-5-11-23-15-6-3-2-4-7-15/h2-4,6-9,12,19H,5,10-11H2,1H3,(H,21,22). The normalized spacial score (nSPS) is 10.0. The smallest absolute Gasteiger partial charge is 0.339 e. The zero-order chi connectivity index (χ0) is 17.4. The fourth-order valence-corrected chi connectivity index (χ4v) is 2.06. The predicted molar refractivity (Wildman–Crippen MR) is 89.8 cm³/mol. The zero-order valence-electron chi connectivity index (χ0n) is 13.3. The van der Waals surface area contributed by atoms with Gasteiger partial charge in [-0.1, -0.05) is 18.2 Å². The Balaban J connectivity index is 1.85. The van der Waals surface area contributed by atoms with Crippen molar-refractivity contribution in [3.63, 3.8) is 0 Å². The van der Waals surface area contributed by atoms with Crippen molar-refractivity contribution in [2.75, 3.05) is 18.5 Å². The van der Waals surface area contributed by atoms with Crippen LogP contribution in [0.1, 0.15) is 23.7 Å². The minimum atomic E-state index is -1.15. The Labute approximate surface area is 140 Å². The summed E-state index contributed by atoms with van der Waals surface area (Å²) in [6.07, 6.45) is 0.753. The van der Waals surface area contributed by atoms with Crippen molar-refractivity contribution < 1.29 is 24.2 Å². The summed E-state index contributed by atoms with van der Waals surface area (Å²) < 4.78 is 10.5. The van der Waals surface area contributed by atoms with Gasteiger partial charge in [0.05, 0.1) is 6.61 Å². The lowest BCUT2D eigenvalue weighted by molar-refractivity contribution is -0.131. The number of benzene rings is 2. The van der Waals surface area contributed by atoms with E-state index in [2.05, 4.69) is 5.32 Å². The summed E-state index contributed by atoms with van der Waals surface area (Å²) in [6.45, 7) is 2.40. The monoisotopic (exact) mass is 329 g/mol. The van der Waals surface area contributed by atoms with Crippen molar-refractivity contribution in [3.8, 4) is 11.5 Å². The van der Waals surface area contributed by atoms with Crippen LogP contribution in [0, 0.1) is 0 Å². The molecule has 0 bridgehead atoms. The summed E-state index contributed by atoms with van der Waals surface area (Å²) in [5, 5.41) is 12.3. The maximum Gasteiger partial charge on any atom is 0.339 e. The van der Waals surface area contributed by atoms with Gasteiger partial charge in [-0.05, 0) is 36.8 Å². The van der Waals surface area contributed by atoms with Gasteiger partial charge in [0.15, 0.2) is 0 Å². The molecule has 0 spiro atoms. The first-order valence-electron chi connectivity index (χ1n) is 7.54. The van der Waals surface area contributed by atoms with E-state index in [0.717, 1.165) is 12.2 Å². The Kier molecular flexibility index (Phi) is 6.19. The molecule has 0 aliphatic heterocycles. The number of hydrogen-bond acceptors (Lipinski definition) is 5. The highest BCUT2D eigenvalue weighted by molar-refractivity contribution is 5.93. The number of rotatable bonds is 8. The van der Waals surface area contributed by atoms with E-state index >= 15 is 0 Å². The highest BCUT2D eigenvalue weighted by Crippen LogP contribution is 2.23. The highest BCUT2D eigenvalue weighted by Gasteiger charge is 2.13. The van der Waals surface area contributed by atoms with E-state index in [9.17, 15) is 14.7 Å². The molecule has 2 aromatic carbocycles. The van der Waals surface area contributed by atoms with Crippen LogP contribution in [0.15, 0.2) is 48.5 Å². The van der Waals surface area contributed by atoms with Crippen molar-refractivity contribution >= 4 is 17.6 Å². The molecule has 0 aliphatic rings. The van der Waals surface area contributed by atoms with Gasteiger partial charge in [0.25, 0.3) is 0 Å². The van der Waals surface area contributed by atoms with Gasteiger partial charge in [0, 0.05) is 19.2 Å². The summed E-state index contributed by atoms with van der Waals surface area (Å²) in [5.41, 5.74) is 0.582. The third-order valence-electron chi connectivity index (χ3n) is 3.13. The van der Waals surface area contributed by atoms with Crippen LogP contribution >= 0.6 is 0 Å². The van der Waals surface area contributed by atoms with E-state index in [1.165, 1.54) is 19.1 Å². The molecule has 2 rings (SSSR count). The molecule has 0 heterocycles. The fourth-order valence-electron chi connectivity index (χ4n) is 2.06. The van der Waals surface area contributed by atoms with Gasteiger partial charge < -0.3 is 19.9 Å². The number of esters is 1. The molecular weight excluding hydrogens is 310 g/mol. The van der Waals surface area contributed by atoms with Crippen LogP contribution in [-0.2, 0) is 4.79 Å². The number of para-hydroxylation sites is 1. The maximum atomic E-state index is 11.2. The number of carboxylic acid groups (broad SMARTS) is 1. The average Bonchev–Trinajstić information content (AvgIpc) is 2.56. The molecule has 0 unspecified atom stereocenters. The van der Waals surface area contributed by atoms with Crippen molar-refractivity contribution in [2.24, 2.45) is 0 Å². The minimum absolute atomic E-state index is 0.0351. The van der Waals surface area contributed by atoms with Crippen LogP contribution in [0.3, 0.4) is 0 Å². The number of aromatic carboxylic acids is 1. The van der Waals surface area contributed by atoms with Crippen LogP contribution in [0.2, 0.25) is 0 Å². The first-order chi connectivity index (χ1) is 11.6. The van der Waals surface area contributed by atoms with E-state index in [4.69, 9.17) is 9.47 Å². The SMILES string of the molecule is CC(=O)Oc1ccc(NCCCOc2ccccc2)cc1C(=O)O. The highest BCUT2D eigenvalue weighted by atomic mass is 16.5. The third kappa shape index (κ3) is 5.31. The number of nitrogens with one attached hydrogen (secondary N) is 1. The van der Waals surface area contributed by atoms with Gasteiger partial charge in [-0.3, -0.25) is 4.79 Å². The van der Waals surface area contributed by atoms with Crippen LogP contribution in [0.5, 0.6) is 11.5 Å². The fraction of sp³-hybridized carbons (Fsp3) is 0.222. The number of carboxylic acids is 1. The number of carbonyl (C=O) groups is 2. The molecule has 24 heavy (non-hydrogen) atoms. The van der Waals surface area contributed by atoms with Crippen LogP contribution < -0.4 is 14.8 Å². The Bertz CT molecular complexity index is 700. The molecular formula is C18H19NO5. The topological polar surface area (TPSA) is 84.9 Å². The first kappa shape index (κ1) is 17.3. The summed E-state index contributed by atoms with van der Waals surface area (Å²) in [6, 6.07) is 14.1. The molecule has 6 nitrogen and oxygen atoms in total. The summed E-state index contributed by atoms with van der Waals surface area (Å²) in [7, 11) is 0. The number of ether oxygens (including phenoxy) is 2. The van der Waals surface area contributed by atoms with E-state index in [1.54, 1.807) is 6.07 Å². The third-order valence-corrected chi connectivity index (χ3v) is 3.13. The van der Waals surface area contributed by atoms with Crippen molar-refractivity contribution in [1.29, 1.82) is 0 Å². The lowest BCUT2D eigenvalue weighted by Crippen LogP contribution is -2.10. The quantitative estimate of drug-likeness (QED) is 0.439. The van der Waals surface area contributed by atoms with Crippen LogP contribution in [-0.4, -0.2) is 30.2 Å². The van der Waals surface area contributed by atoms with Gasteiger partial charge in [0.2, 0.25) is 0 Å². The second-order valence-electron chi connectivity index (χ2n) is 5.05. The lowest BCUT2D eigenvalue weighted by Gasteiger charge is -2.11. The summed E-state index contributed by atoms with van der Waals surface area (Å²) >= 11 is 0. The molecule has 126 valence electrons. The van der Waals surface area contributed by atoms with Gasteiger partial charge >= 0.3 is 11.9 Å². The first-order valence-corrected chi connectivity index (χ1v) is 7.54. The van der Waals surface area contributed by atoms with E-state index < -0.39 is 11.9 Å². The molecule has 0 amide bonds. The predicted octanol–water partition coefficient (Wildman–Crippen LogP) is 3.19. The minimum Gasteiger partial charge on any atom is -0.494 e. The molecule has 0 fully saturated rings. The summed E-state index contributed by atoms with van der Waals surface area (Å²) in [4.78, 5) is 22.2.